The van der Waals surface area contributed by atoms with E-state index in [4.69, 9.17) is 28.2 Å². The Bertz CT molecular complexity index is 1220. The van der Waals surface area contributed by atoms with Crippen LogP contribution >= 0.6 is 23.2 Å². The van der Waals surface area contributed by atoms with Crippen molar-refractivity contribution >= 4 is 57.9 Å². The molecule has 0 aliphatic carbocycles. The molecule has 7 heteroatoms. The van der Waals surface area contributed by atoms with E-state index < -0.39 is 4.92 Å². The van der Waals surface area contributed by atoms with E-state index in [9.17, 15) is 10.1 Å². The zero-order valence-corrected chi connectivity index (χ0v) is 17.1. The summed E-state index contributed by atoms with van der Waals surface area (Å²) in [7, 11) is 0. The number of aliphatic imine (C=N–C) groups is 1. The second-order valence-corrected chi connectivity index (χ2v) is 7.39. The number of hydrogen-bond acceptors (Lipinski definition) is 4. The van der Waals surface area contributed by atoms with Crippen molar-refractivity contribution in [3.8, 4) is 0 Å². The normalized spacial score (nSPS) is 13.3. The van der Waals surface area contributed by atoms with Gasteiger partial charge in [-0.1, -0.05) is 54.1 Å². The summed E-state index contributed by atoms with van der Waals surface area (Å²) in [6.45, 7) is 4.26. The van der Waals surface area contributed by atoms with Crippen LogP contribution in [0.5, 0.6) is 0 Å². The van der Waals surface area contributed by atoms with Gasteiger partial charge in [-0.05, 0) is 48.0 Å². The van der Waals surface area contributed by atoms with Crippen molar-refractivity contribution in [2.45, 2.75) is 0 Å². The molecule has 1 heterocycles. The Balaban J connectivity index is 1.78. The van der Waals surface area contributed by atoms with Gasteiger partial charge in [0.1, 0.15) is 5.84 Å². The molecule has 3 aromatic carbocycles. The molecule has 30 heavy (non-hydrogen) atoms. The fraction of sp³-hybridized carbons (Fsp3) is 0. The van der Waals surface area contributed by atoms with Crippen LogP contribution in [0.2, 0.25) is 10.0 Å². The average Bonchev–Trinajstić information content (AvgIpc) is 2.73. The van der Waals surface area contributed by atoms with Gasteiger partial charge in [0.15, 0.2) is 0 Å². The lowest BCUT2D eigenvalue weighted by molar-refractivity contribution is -0.384. The number of nitro benzene ring substituents is 1. The molecule has 0 radical (unpaired) electrons. The van der Waals surface area contributed by atoms with Crippen molar-refractivity contribution < 1.29 is 4.92 Å². The first-order valence-corrected chi connectivity index (χ1v) is 9.74. The molecule has 0 aromatic heterocycles. The van der Waals surface area contributed by atoms with Crippen LogP contribution in [0.25, 0.3) is 11.8 Å². The van der Waals surface area contributed by atoms with Gasteiger partial charge in [0.25, 0.3) is 5.69 Å². The second kappa shape index (κ2) is 8.14. The number of amidine groups is 1. The zero-order valence-electron chi connectivity index (χ0n) is 15.6. The van der Waals surface area contributed by atoms with Crippen LogP contribution in [-0.2, 0) is 0 Å². The number of anilines is 1. The molecular formula is C23H15Cl2N3O2. The van der Waals surface area contributed by atoms with Crippen LogP contribution in [0.3, 0.4) is 0 Å². The third-order valence-corrected chi connectivity index (χ3v) is 5.17. The molecule has 1 aliphatic rings. The van der Waals surface area contributed by atoms with Crippen molar-refractivity contribution in [3.05, 3.63) is 111 Å². The Morgan fingerprint density at radius 1 is 1.00 bits per heavy atom. The van der Waals surface area contributed by atoms with Crippen LogP contribution in [-0.4, -0.2) is 10.8 Å². The van der Waals surface area contributed by atoms with E-state index in [1.807, 2.05) is 47.4 Å². The number of non-ortho nitro benzene ring substituents is 1. The van der Waals surface area contributed by atoms with Crippen LogP contribution in [0.1, 0.15) is 11.1 Å². The first-order valence-electron chi connectivity index (χ1n) is 8.99. The quantitative estimate of drug-likeness (QED) is 0.323. The molecule has 0 atom stereocenters. The van der Waals surface area contributed by atoms with Crippen LogP contribution in [0, 0.1) is 10.1 Å². The van der Waals surface area contributed by atoms with Crippen molar-refractivity contribution in [2.24, 2.45) is 4.99 Å². The maximum Gasteiger partial charge on any atom is 0.269 e. The van der Waals surface area contributed by atoms with E-state index in [0.29, 0.717) is 21.6 Å². The zero-order chi connectivity index (χ0) is 21.3. The predicted octanol–water partition coefficient (Wildman–Crippen LogP) is 7.14. The highest BCUT2D eigenvalue weighted by atomic mass is 35.5. The molecule has 1 aliphatic heterocycles. The Hall–Kier alpha value is -3.41. The van der Waals surface area contributed by atoms with Gasteiger partial charge in [0, 0.05) is 28.4 Å². The van der Waals surface area contributed by atoms with Crippen LogP contribution in [0.15, 0.2) is 84.4 Å². The lowest BCUT2D eigenvalue weighted by Gasteiger charge is -2.31. The molecule has 4 rings (SSSR count). The van der Waals surface area contributed by atoms with E-state index in [0.717, 1.165) is 22.5 Å². The summed E-state index contributed by atoms with van der Waals surface area (Å²) < 4.78 is 0. The minimum Gasteiger partial charge on any atom is -0.293 e. The summed E-state index contributed by atoms with van der Waals surface area (Å²) in [6, 6.07) is 19.2. The van der Waals surface area contributed by atoms with Gasteiger partial charge in [0.05, 0.1) is 21.3 Å². The SMILES string of the molecule is C=C1c2ccccc2N=C(/C=C/c2ccc([N+](=O)[O-])cc2)N1c1ccc(Cl)cc1Cl. The van der Waals surface area contributed by atoms with Gasteiger partial charge in [-0.15, -0.1) is 0 Å². The highest BCUT2D eigenvalue weighted by molar-refractivity contribution is 6.37. The summed E-state index contributed by atoms with van der Waals surface area (Å²) in [5.74, 6) is 0.612. The lowest BCUT2D eigenvalue weighted by atomic mass is 10.1. The number of rotatable bonds is 4. The summed E-state index contributed by atoms with van der Waals surface area (Å²) in [6.07, 6.45) is 3.66. The number of hydrogen-bond donors (Lipinski definition) is 0. The highest BCUT2D eigenvalue weighted by Crippen LogP contribution is 2.40. The first-order chi connectivity index (χ1) is 14.4. The first kappa shape index (κ1) is 19.9. The fourth-order valence-electron chi connectivity index (χ4n) is 3.17. The number of para-hydroxylation sites is 1. The van der Waals surface area contributed by atoms with Crippen LogP contribution in [0.4, 0.5) is 17.1 Å². The maximum absolute atomic E-state index is 10.9. The molecule has 148 valence electrons. The van der Waals surface area contributed by atoms with Crippen molar-refractivity contribution in [3.63, 3.8) is 0 Å². The van der Waals surface area contributed by atoms with Gasteiger partial charge in [-0.2, -0.15) is 0 Å². The monoisotopic (exact) mass is 435 g/mol. The minimum absolute atomic E-state index is 0.0408. The lowest BCUT2D eigenvalue weighted by Crippen LogP contribution is -2.30. The van der Waals surface area contributed by atoms with E-state index in [2.05, 4.69) is 6.58 Å². The number of nitro groups is 1. The van der Waals surface area contributed by atoms with Gasteiger partial charge >= 0.3 is 0 Å². The molecule has 0 amide bonds. The minimum atomic E-state index is -0.427. The summed E-state index contributed by atoms with van der Waals surface area (Å²) >= 11 is 12.5. The summed E-state index contributed by atoms with van der Waals surface area (Å²) in [4.78, 5) is 17.1. The smallest absolute Gasteiger partial charge is 0.269 e. The fourth-order valence-corrected chi connectivity index (χ4v) is 3.66. The summed E-state index contributed by atoms with van der Waals surface area (Å²) in [5.41, 5.74) is 3.97. The second-order valence-electron chi connectivity index (χ2n) is 6.55. The van der Waals surface area contributed by atoms with Gasteiger partial charge in [0.2, 0.25) is 0 Å². The topological polar surface area (TPSA) is 58.7 Å². The molecule has 0 saturated carbocycles. The van der Waals surface area contributed by atoms with Crippen LogP contribution < -0.4 is 4.90 Å². The largest absolute Gasteiger partial charge is 0.293 e. The number of halogens is 2. The number of benzene rings is 3. The Labute approximate surface area is 183 Å². The van der Waals surface area contributed by atoms with Gasteiger partial charge in [-0.25, -0.2) is 4.99 Å². The Morgan fingerprint density at radius 2 is 1.73 bits per heavy atom. The van der Waals surface area contributed by atoms with Gasteiger partial charge in [-0.3, -0.25) is 15.0 Å². The average molecular weight is 436 g/mol. The molecular weight excluding hydrogens is 421 g/mol. The van der Waals surface area contributed by atoms with Crippen molar-refractivity contribution in [1.82, 2.24) is 0 Å². The van der Waals surface area contributed by atoms with E-state index in [1.54, 1.807) is 24.3 Å². The molecule has 0 N–H and O–H groups in total. The predicted molar refractivity (Wildman–Crippen MR) is 124 cm³/mol. The van der Waals surface area contributed by atoms with Gasteiger partial charge < -0.3 is 0 Å². The number of nitrogens with zero attached hydrogens (tertiary/aromatic N) is 3. The van der Waals surface area contributed by atoms with E-state index >= 15 is 0 Å². The molecule has 5 nitrogen and oxygen atoms in total. The third-order valence-electron chi connectivity index (χ3n) is 4.63. The molecule has 0 saturated heterocycles. The molecule has 0 bridgehead atoms. The Kier molecular flexibility index (Phi) is 5.40. The third kappa shape index (κ3) is 3.85. The Morgan fingerprint density at radius 3 is 2.43 bits per heavy atom. The molecule has 0 unspecified atom stereocenters. The van der Waals surface area contributed by atoms with Crippen molar-refractivity contribution in [1.29, 1.82) is 0 Å². The molecule has 3 aromatic rings. The van der Waals surface area contributed by atoms with E-state index in [-0.39, 0.29) is 5.69 Å². The molecule has 0 spiro atoms. The van der Waals surface area contributed by atoms with E-state index in [1.165, 1.54) is 12.1 Å². The molecule has 0 fully saturated rings. The standard InChI is InChI=1S/C23H15Cl2N3O2/c1-15-19-4-2-3-5-21(19)26-23(27(15)22-12-9-17(24)14-20(22)25)13-8-16-6-10-18(11-7-16)28(29)30/h2-14H,1H2/b13-8+. The summed E-state index contributed by atoms with van der Waals surface area (Å²) in [5, 5.41) is 11.9. The number of fused-ring (bicyclic) bond motifs is 1. The van der Waals surface area contributed by atoms with Crippen molar-refractivity contribution in [2.75, 3.05) is 4.90 Å². The highest BCUT2D eigenvalue weighted by Gasteiger charge is 2.25. The maximum atomic E-state index is 10.9.